The van der Waals surface area contributed by atoms with Crippen molar-refractivity contribution in [2.45, 2.75) is 24.0 Å². The number of rotatable bonds is 6. The molecule has 0 spiro atoms. The van der Waals surface area contributed by atoms with Crippen molar-refractivity contribution in [2.24, 2.45) is 0 Å². The lowest BCUT2D eigenvalue weighted by Gasteiger charge is -2.06. The van der Waals surface area contributed by atoms with Crippen LogP contribution in [0.3, 0.4) is 0 Å². The molecule has 0 unspecified atom stereocenters. The Morgan fingerprint density at radius 3 is 2.74 bits per heavy atom. The predicted octanol–water partition coefficient (Wildman–Crippen LogP) is 1.44. The lowest BCUT2D eigenvalue weighted by atomic mass is 10.3. The number of amides is 2. The smallest absolute Gasteiger partial charge is 0.328 e. The summed E-state index contributed by atoms with van der Waals surface area (Å²) in [6.07, 6.45) is 1.60. The quantitative estimate of drug-likeness (QED) is 0.468. The topological polar surface area (TPSA) is 118 Å². The molecule has 0 atom stereocenters. The standard InChI is InChI=1S/C9H13N3O5S2/c1-2-3-4-10-9(13)11-19(16,17)8-5-7(6-18-8)12(14)15/h5-6H,2-4H2,1H3,(H2,10,11,13). The van der Waals surface area contributed by atoms with Crippen molar-refractivity contribution >= 4 is 33.1 Å². The third kappa shape index (κ3) is 4.48. The van der Waals surface area contributed by atoms with Gasteiger partial charge in [-0.05, 0) is 6.42 Å². The first-order valence-corrected chi connectivity index (χ1v) is 7.76. The maximum Gasteiger partial charge on any atom is 0.328 e. The van der Waals surface area contributed by atoms with Gasteiger partial charge in [0.05, 0.1) is 10.3 Å². The zero-order chi connectivity index (χ0) is 14.5. The number of sulfonamides is 1. The summed E-state index contributed by atoms with van der Waals surface area (Å²) in [6, 6.07) is 0.0660. The second-order valence-electron chi connectivity index (χ2n) is 3.60. The molecule has 0 bridgehead atoms. The maximum absolute atomic E-state index is 11.7. The number of nitrogens with one attached hydrogen (secondary N) is 2. The van der Waals surface area contributed by atoms with Gasteiger partial charge in [-0.3, -0.25) is 10.1 Å². The highest BCUT2D eigenvalue weighted by Crippen LogP contribution is 2.25. The Hall–Kier alpha value is -1.68. The van der Waals surface area contributed by atoms with Crippen molar-refractivity contribution in [1.82, 2.24) is 10.0 Å². The first-order chi connectivity index (χ1) is 8.86. The highest BCUT2D eigenvalue weighted by molar-refractivity contribution is 7.92. The molecule has 1 heterocycles. The zero-order valence-corrected chi connectivity index (χ0v) is 11.7. The van der Waals surface area contributed by atoms with Crippen molar-refractivity contribution in [2.75, 3.05) is 6.54 Å². The van der Waals surface area contributed by atoms with Gasteiger partial charge < -0.3 is 5.32 Å². The summed E-state index contributed by atoms with van der Waals surface area (Å²) in [5.41, 5.74) is -0.322. The Morgan fingerprint density at radius 1 is 1.53 bits per heavy atom. The molecule has 10 heteroatoms. The molecule has 0 saturated heterocycles. The average molecular weight is 307 g/mol. The minimum absolute atomic E-state index is 0.273. The SMILES string of the molecule is CCCCNC(=O)NS(=O)(=O)c1cc([N+](=O)[O-])cs1. The van der Waals surface area contributed by atoms with Gasteiger partial charge in [-0.15, -0.1) is 11.3 Å². The number of thiophene rings is 1. The van der Waals surface area contributed by atoms with E-state index in [1.807, 2.05) is 6.92 Å². The van der Waals surface area contributed by atoms with Crippen LogP contribution in [0, 0.1) is 10.1 Å². The van der Waals surface area contributed by atoms with E-state index in [0.717, 1.165) is 24.3 Å². The molecule has 0 saturated carbocycles. The highest BCUT2D eigenvalue weighted by Gasteiger charge is 2.22. The van der Waals surface area contributed by atoms with Crippen molar-refractivity contribution in [3.05, 3.63) is 21.6 Å². The molecule has 0 aliphatic carbocycles. The van der Waals surface area contributed by atoms with Gasteiger partial charge in [-0.1, -0.05) is 13.3 Å². The van der Waals surface area contributed by atoms with Gasteiger partial charge in [0, 0.05) is 12.6 Å². The third-order valence-electron chi connectivity index (χ3n) is 2.08. The van der Waals surface area contributed by atoms with Gasteiger partial charge in [0.1, 0.15) is 4.21 Å². The average Bonchev–Trinajstić information content (AvgIpc) is 2.78. The summed E-state index contributed by atoms with van der Waals surface area (Å²) in [5.74, 6) is 0. The molecule has 2 amide bonds. The fourth-order valence-electron chi connectivity index (χ4n) is 1.13. The summed E-state index contributed by atoms with van der Waals surface area (Å²) in [6.45, 7) is 2.30. The zero-order valence-electron chi connectivity index (χ0n) is 10.1. The molecule has 0 aliphatic rings. The molecular weight excluding hydrogens is 294 g/mol. The van der Waals surface area contributed by atoms with Crippen molar-refractivity contribution in [3.63, 3.8) is 0 Å². The van der Waals surface area contributed by atoms with E-state index in [1.165, 1.54) is 0 Å². The molecular formula is C9H13N3O5S2. The lowest BCUT2D eigenvalue weighted by molar-refractivity contribution is -0.384. The van der Waals surface area contributed by atoms with Crippen LogP contribution < -0.4 is 10.0 Å². The highest BCUT2D eigenvalue weighted by atomic mass is 32.2. The fourth-order valence-corrected chi connectivity index (χ4v) is 3.18. The van der Waals surface area contributed by atoms with Gasteiger partial charge in [-0.2, -0.15) is 0 Å². The predicted molar refractivity (Wildman–Crippen MR) is 69.6 cm³/mol. The first-order valence-electron chi connectivity index (χ1n) is 5.40. The van der Waals surface area contributed by atoms with Gasteiger partial charge in [0.25, 0.3) is 15.7 Å². The van der Waals surface area contributed by atoms with E-state index in [1.54, 1.807) is 4.72 Å². The van der Waals surface area contributed by atoms with Crippen LogP contribution in [0.1, 0.15) is 19.8 Å². The summed E-state index contributed by atoms with van der Waals surface area (Å²) < 4.78 is 25.0. The summed E-state index contributed by atoms with van der Waals surface area (Å²) >= 11 is 0.683. The largest absolute Gasteiger partial charge is 0.337 e. The molecule has 8 nitrogen and oxygen atoms in total. The van der Waals surface area contributed by atoms with Crippen molar-refractivity contribution in [1.29, 1.82) is 0 Å². The monoisotopic (exact) mass is 307 g/mol. The summed E-state index contributed by atoms with van der Waals surface area (Å²) in [5, 5.41) is 13.9. The molecule has 0 fully saturated rings. The Morgan fingerprint density at radius 2 is 2.21 bits per heavy atom. The van der Waals surface area contributed by atoms with E-state index in [4.69, 9.17) is 0 Å². The Labute approximate surface area is 114 Å². The number of nitrogens with zero attached hydrogens (tertiary/aromatic N) is 1. The number of carbonyl (C=O) groups is 1. The Bertz CT molecular complexity index is 566. The van der Waals surface area contributed by atoms with Crippen molar-refractivity contribution in [3.8, 4) is 0 Å². The van der Waals surface area contributed by atoms with Crippen molar-refractivity contribution < 1.29 is 18.1 Å². The molecule has 0 radical (unpaired) electrons. The van der Waals surface area contributed by atoms with E-state index >= 15 is 0 Å². The second-order valence-corrected chi connectivity index (χ2v) is 6.42. The van der Waals surface area contributed by atoms with Crippen LogP contribution in [-0.4, -0.2) is 25.9 Å². The summed E-state index contributed by atoms with van der Waals surface area (Å²) in [7, 11) is -4.06. The molecule has 106 valence electrons. The third-order valence-corrected chi connectivity index (χ3v) is 4.84. The van der Waals surface area contributed by atoms with Crippen LogP contribution in [0.2, 0.25) is 0 Å². The van der Waals surface area contributed by atoms with Crippen LogP contribution in [0.25, 0.3) is 0 Å². The van der Waals surface area contributed by atoms with Gasteiger partial charge in [0.2, 0.25) is 0 Å². The number of carbonyl (C=O) groups excluding carboxylic acids is 1. The van der Waals surface area contributed by atoms with Crippen LogP contribution in [0.4, 0.5) is 10.5 Å². The molecule has 1 rings (SSSR count). The molecule has 1 aromatic rings. The van der Waals surface area contributed by atoms with Gasteiger partial charge in [-0.25, -0.2) is 17.9 Å². The number of unbranched alkanes of at least 4 members (excludes halogenated alkanes) is 1. The molecule has 2 N–H and O–H groups in total. The van der Waals surface area contributed by atoms with E-state index in [9.17, 15) is 23.3 Å². The Kier molecular flexibility index (Phi) is 5.24. The van der Waals surface area contributed by atoms with Crippen LogP contribution in [0.5, 0.6) is 0 Å². The molecule has 0 aliphatic heterocycles. The number of urea groups is 1. The molecule has 0 aromatic carbocycles. The van der Waals surface area contributed by atoms with Gasteiger partial charge in [0.15, 0.2) is 0 Å². The number of nitro groups is 1. The normalized spacial score (nSPS) is 11.0. The van der Waals surface area contributed by atoms with Crippen LogP contribution in [0.15, 0.2) is 15.7 Å². The maximum atomic E-state index is 11.7. The number of hydrogen-bond donors (Lipinski definition) is 2. The molecule has 19 heavy (non-hydrogen) atoms. The van der Waals surface area contributed by atoms with E-state index in [2.05, 4.69) is 5.32 Å². The lowest BCUT2D eigenvalue weighted by Crippen LogP contribution is -2.39. The van der Waals surface area contributed by atoms with E-state index < -0.39 is 21.0 Å². The van der Waals surface area contributed by atoms with Crippen LogP contribution in [-0.2, 0) is 10.0 Å². The summed E-state index contributed by atoms with van der Waals surface area (Å²) in [4.78, 5) is 21.1. The van der Waals surface area contributed by atoms with E-state index in [0.29, 0.717) is 17.9 Å². The fraction of sp³-hybridized carbons (Fsp3) is 0.444. The minimum atomic E-state index is -4.06. The minimum Gasteiger partial charge on any atom is -0.337 e. The molecule has 1 aromatic heterocycles. The second kappa shape index (κ2) is 6.48. The van der Waals surface area contributed by atoms with E-state index in [-0.39, 0.29) is 9.90 Å². The van der Waals surface area contributed by atoms with Gasteiger partial charge >= 0.3 is 6.03 Å². The first kappa shape index (κ1) is 15.4. The number of hydrogen-bond acceptors (Lipinski definition) is 6. The van der Waals surface area contributed by atoms with Crippen LogP contribution >= 0.6 is 11.3 Å². The Balaban J connectivity index is 2.69.